The van der Waals surface area contributed by atoms with Crippen LogP contribution in [0, 0.1) is 11.8 Å². The fourth-order valence-electron chi connectivity index (χ4n) is 5.75. The minimum Gasteiger partial charge on any atom is -0.508 e. The summed E-state index contributed by atoms with van der Waals surface area (Å²) in [6, 6.07) is -0.917. The molecule has 2 rings (SSSR count). The number of benzene rings is 1. The molecular weight excluding hydrogens is 662 g/mol. The zero-order chi connectivity index (χ0) is 38.9. The zero-order valence-corrected chi connectivity index (χ0v) is 31.3. The molecule has 5 N–H and O–H groups in total. The maximum atomic E-state index is 14.1. The number of aromatic hydroxyl groups is 1. The molecule has 0 bridgehead atoms. The number of hydrogen-bond donors (Lipinski definition) is 5. The van der Waals surface area contributed by atoms with Crippen LogP contribution in [0.15, 0.2) is 24.3 Å². The number of nitrogens with zero attached hydrogens (tertiary/aromatic N) is 4. The predicted octanol–water partition coefficient (Wildman–Crippen LogP) is 0.253. The molecule has 51 heavy (non-hydrogen) atoms. The first-order chi connectivity index (χ1) is 23.7. The van der Waals surface area contributed by atoms with E-state index < -0.39 is 90.1 Å². The molecule has 1 aliphatic rings. The van der Waals surface area contributed by atoms with Crippen LogP contribution in [0.5, 0.6) is 5.75 Å². The smallest absolute Gasteiger partial charge is 0.269 e. The van der Waals surface area contributed by atoms with Crippen molar-refractivity contribution < 1.29 is 43.9 Å². The highest BCUT2D eigenvalue weighted by atomic mass is 16.5. The number of carbonyl (C=O) groups excluding carboxylic acids is 7. The maximum Gasteiger partial charge on any atom is 0.269 e. The lowest BCUT2D eigenvalue weighted by atomic mass is 9.96. The number of nitrogens with one attached hydrogen (secondary N) is 3. The van der Waals surface area contributed by atoms with Gasteiger partial charge in [-0.2, -0.15) is 0 Å². The monoisotopic (exact) mass is 717 g/mol. The van der Waals surface area contributed by atoms with Crippen LogP contribution in [0.1, 0.15) is 66.9 Å². The second kappa shape index (κ2) is 18.5. The van der Waals surface area contributed by atoms with Gasteiger partial charge in [-0.05, 0) is 56.7 Å². The van der Waals surface area contributed by atoms with Gasteiger partial charge in [-0.25, -0.2) is 5.06 Å². The van der Waals surface area contributed by atoms with E-state index in [1.165, 1.54) is 58.9 Å². The van der Waals surface area contributed by atoms with Gasteiger partial charge in [0.05, 0.1) is 0 Å². The van der Waals surface area contributed by atoms with Crippen molar-refractivity contribution in [2.75, 3.05) is 27.7 Å². The number of hydroxylamine groups is 2. The molecule has 7 amide bonds. The third-order valence-electron chi connectivity index (χ3n) is 9.38. The summed E-state index contributed by atoms with van der Waals surface area (Å²) in [6.07, 6.45) is 0.570. The standard InChI is InChI=1S/C35H55N7O9/c1-11-20(4)29-31(46)37-22(6)33(48)41(10)27(16-19(2)3)35(50)42(51)18-28(44)36-21(5)32(47)39(8)23(7)34(49)40(9)26(30(45)38-29)17-24-12-14-25(43)15-13-24/h12-15,19-23,26-27,29,43,51H,11,16-18H2,1-10H3,(H,36,44)(H,37,46)(H,38,45)/t20-,21-,22+,23+,26-,27+,29+/m0/s1. The highest BCUT2D eigenvalue weighted by Crippen LogP contribution is 2.18. The summed E-state index contributed by atoms with van der Waals surface area (Å²) in [5, 5.41) is 28.5. The van der Waals surface area contributed by atoms with Crippen LogP contribution in [0.2, 0.25) is 0 Å². The number of amides is 7. The van der Waals surface area contributed by atoms with E-state index in [4.69, 9.17) is 0 Å². The van der Waals surface area contributed by atoms with Gasteiger partial charge in [-0.1, -0.05) is 46.2 Å². The Kier molecular flexibility index (Phi) is 15.4. The fraction of sp³-hybridized carbons (Fsp3) is 0.629. The van der Waals surface area contributed by atoms with Gasteiger partial charge >= 0.3 is 0 Å². The van der Waals surface area contributed by atoms with E-state index in [0.29, 0.717) is 12.0 Å². The minimum atomic E-state index is -1.21. The van der Waals surface area contributed by atoms with E-state index in [2.05, 4.69) is 16.0 Å². The second-order valence-corrected chi connectivity index (χ2v) is 13.8. The van der Waals surface area contributed by atoms with Crippen molar-refractivity contribution in [1.82, 2.24) is 35.7 Å². The Morgan fingerprint density at radius 1 is 0.725 bits per heavy atom. The fourth-order valence-corrected chi connectivity index (χ4v) is 5.75. The van der Waals surface area contributed by atoms with E-state index in [1.54, 1.807) is 19.1 Å². The molecule has 0 saturated carbocycles. The molecule has 0 radical (unpaired) electrons. The van der Waals surface area contributed by atoms with Crippen LogP contribution in [-0.2, 0) is 40.0 Å². The third kappa shape index (κ3) is 11.1. The number of hydrogen-bond acceptors (Lipinski definition) is 9. The summed E-state index contributed by atoms with van der Waals surface area (Å²) in [7, 11) is 4.12. The Hall–Kier alpha value is -4.73. The number of rotatable bonds is 6. The number of phenols is 1. The maximum absolute atomic E-state index is 14.1. The van der Waals surface area contributed by atoms with Crippen molar-refractivity contribution in [2.45, 2.75) is 104 Å². The van der Waals surface area contributed by atoms with Gasteiger partial charge in [0, 0.05) is 27.6 Å². The molecule has 16 heteroatoms. The topological polar surface area (TPSA) is 209 Å². The molecule has 0 unspecified atom stereocenters. The Morgan fingerprint density at radius 2 is 1.25 bits per heavy atom. The van der Waals surface area contributed by atoms with Crippen LogP contribution in [-0.4, -0.2) is 135 Å². The van der Waals surface area contributed by atoms with Gasteiger partial charge in [0.2, 0.25) is 35.4 Å². The van der Waals surface area contributed by atoms with Crippen LogP contribution in [0.4, 0.5) is 0 Å². The van der Waals surface area contributed by atoms with Gasteiger partial charge in [0.15, 0.2) is 0 Å². The lowest BCUT2D eigenvalue weighted by Crippen LogP contribution is -2.60. The van der Waals surface area contributed by atoms with Gasteiger partial charge in [-0.3, -0.25) is 38.8 Å². The summed E-state index contributed by atoms with van der Waals surface area (Å²) in [5.41, 5.74) is 0.599. The Balaban J connectivity index is 2.64. The van der Waals surface area contributed by atoms with Crippen molar-refractivity contribution in [2.24, 2.45) is 11.8 Å². The quantitative estimate of drug-likeness (QED) is 0.255. The molecule has 284 valence electrons. The Bertz CT molecular complexity index is 1440. The van der Waals surface area contributed by atoms with Gasteiger partial charge in [-0.15, -0.1) is 0 Å². The molecule has 1 aliphatic heterocycles. The predicted molar refractivity (Wildman–Crippen MR) is 187 cm³/mol. The summed E-state index contributed by atoms with van der Waals surface area (Å²) >= 11 is 0. The lowest BCUT2D eigenvalue weighted by Gasteiger charge is -2.35. The van der Waals surface area contributed by atoms with Crippen molar-refractivity contribution in [3.8, 4) is 5.75 Å². The van der Waals surface area contributed by atoms with E-state index in [1.807, 2.05) is 20.8 Å². The third-order valence-corrected chi connectivity index (χ3v) is 9.38. The van der Waals surface area contributed by atoms with Crippen molar-refractivity contribution in [3.05, 3.63) is 29.8 Å². The molecule has 1 aromatic carbocycles. The molecule has 1 heterocycles. The largest absolute Gasteiger partial charge is 0.508 e. The van der Waals surface area contributed by atoms with E-state index in [-0.39, 0.29) is 29.6 Å². The first-order valence-corrected chi connectivity index (χ1v) is 17.2. The number of phenolic OH excluding ortho intramolecular Hbond substituents is 1. The van der Waals surface area contributed by atoms with E-state index in [0.717, 1.165) is 9.80 Å². The molecular formula is C35H55N7O9. The molecule has 1 aromatic rings. The normalized spacial score (nSPS) is 26.5. The summed E-state index contributed by atoms with van der Waals surface area (Å²) in [5.74, 6) is -5.64. The van der Waals surface area contributed by atoms with E-state index in [9.17, 15) is 43.9 Å². The van der Waals surface area contributed by atoms with Crippen LogP contribution in [0.25, 0.3) is 0 Å². The lowest BCUT2D eigenvalue weighted by molar-refractivity contribution is -0.176. The summed E-state index contributed by atoms with van der Waals surface area (Å²) in [4.78, 5) is 98.3. The van der Waals surface area contributed by atoms with Crippen LogP contribution < -0.4 is 16.0 Å². The molecule has 16 nitrogen and oxygen atoms in total. The summed E-state index contributed by atoms with van der Waals surface area (Å²) < 4.78 is 0. The van der Waals surface area contributed by atoms with Gasteiger partial charge in [0.1, 0.15) is 48.5 Å². The highest BCUT2D eigenvalue weighted by Gasteiger charge is 2.39. The molecule has 0 aliphatic carbocycles. The number of likely N-dealkylation sites (N-methyl/N-ethyl adjacent to an activating group) is 3. The SMILES string of the molecule is CC[C@H](C)[C@H]1NC(=O)[C@H](Cc2ccc(O)cc2)N(C)C(=O)[C@@H](C)N(C)C(=O)[C@H](C)NC(=O)CN(O)C(=O)[C@@H](CC(C)C)N(C)C(=O)[C@@H](C)NC1=O. The van der Waals surface area contributed by atoms with E-state index >= 15 is 0 Å². The van der Waals surface area contributed by atoms with Gasteiger partial charge in [0.25, 0.3) is 5.91 Å². The molecule has 1 saturated heterocycles. The Morgan fingerprint density at radius 3 is 1.80 bits per heavy atom. The highest BCUT2D eigenvalue weighted by molar-refractivity contribution is 5.97. The summed E-state index contributed by atoms with van der Waals surface area (Å²) in [6.45, 7) is 10.6. The van der Waals surface area contributed by atoms with Crippen LogP contribution >= 0.6 is 0 Å². The van der Waals surface area contributed by atoms with Crippen LogP contribution in [0.3, 0.4) is 0 Å². The number of carbonyl (C=O) groups is 7. The minimum absolute atomic E-state index is 0.00363. The van der Waals surface area contributed by atoms with Crippen molar-refractivity contribution >= 4 is 41.4 Å². The van der Waals surface area contributed by atoms with Crippen molar-refractivity contribution in [3.63, 3.8) is 0 Å². The van der Waals surface area contributed by atoms with Crippen molar-refractivity contribution in [1.29, 1.82) is 0 Å². The molecule has 0 spiro atoms. The molecule has 7 atom stereocenters. The van der Waals surface area contributed by atoms with Gasteiger partial charge < -0.3 is 35.8 Å². The zero-order valence-electron chi connectivity index (χ0n) is 31.3. The second-order valence-electron chi connectivity index (χ2n) is 13.8. The first kappa shape index (κ1) is 42.4. The first-order valence-electron chi connectivity index (χ1n) is 17.2. The molecule has 1 fully saturated rings. The average molecular weight is 718 g/mol. The Labute approximate surface area is 299 Å². The molecule has 0 aromatic heterocycles. The average Bonchev–Trinajstić information content (AvgIpc) is 3.08.